The fourth-order valence-electron chi connectivity index (χ4n) is 4.07. The highest BCUT2D eigenvalue weighted by molar-refractivity contribution is 5.45. The molecule has 4 rings (SSSR count). The molecule has 7 heteroatoms. The van der Waals surface area contributed by atoms with Crippen LogP contribution in [0.5, 0.6) is 0 Å². The Kier molecular flexibility index (Phi) is 3.33. The lowest BCUT2D eigenvalue weighted by Crippen LogP contribution is -2.32. The van der Waals surface area contributed by atoms with E-state index in [1.165, 1.54) is 6.20 Å². The van der Waals surface area contributed by atoms with Crippen molar-refractivity contribution >= 4 is 5.82 Å². The molecule has 0 aromatic carbocycles. The van der Waals surface area contributed by atoms with Gasteiger partial charge in [-0.25, -0.2) is 9.37 Å². The summed E-state index contributed by atoms with van der Waals surface area (Å²) in [6.45, 7) is 3.05. The number of halogens is 1. The summed E-state index contributed by atoms with van der Waals surface area (Å²) >= 11 is 0. The van der Waals surface area contributed by atoms with Gasteiger partial charge in [0.25, 0.3) is 0 Å². The molecule has 2 aromatic heterocycles. The number of rotatable bonds is 3. The molecule has 3 heterocycles. The Morgan fingerprint density at radius 2 is 2.35 bits per heavy atom. The third-order valence-corrected chi connectivity index (χ3v) is 5.24. The molecule has 1 saturated carbocycles. The Balaban J connectivity index is 1.67. The Bertz CT molecular complexity index is 735. The second kappa shape index (κ2) is 5.26. The van der Waals surface area contributed by atoms with Gasteiger partial charge < -0.3 is 14.4 Å². The average Bonchev–Trinajstić information content (AvgIpc) is 3.21. The molecule has 2 atom stereocenters. The van der Waals surface area contributed by atoms with Crippen molar-refractivity contribution in [2.24, 2.45) is 5.92 Å². The molecule has 0 unspecified atom stereocenters. The van der Waals surface area contributed by atoms with Crippen LogP contribution in [0.4, 0.5) is 10.2 Å². The van der Waals surface area contributed by atoms with Crippen LogP contribution in [0.25, 0.3) is 0 Å². The predicted octanol–water partition coefficient (Wildman–Crippen LogP) is 1.96. The summed E-state index contributed by atoms with van der Waals surface area (Å²) in [6.07, 6.45) is 4.47. The van der Waals surface area contributed by atoms with E-state index in [2.05, 4.69) is 20.1 Å². The molecule has 1 aliphatic carbocycles. The van der Waals surface area contributed by atoms with Crippen molar-refractivity contribution < 1.29 is 13.9 Å². The van der Waals surface area contributed by atoms with Gasteiger partial charge in [0.05, 0.1) is 18.2 Å². The van der Waals surface area contributed by atoms with Crippen LogP contribution in [0.15, 0.2) is 16.7 Å². The van der Waals surface area contributed by atoms with E-state index in [1.54, 1.807) is 13.0 Å². The smallest absolute Gasteiger partial charge is 0.224 e. The number of nitrogens with zero attached hydrogens (tertiary/aromatic N) is 4. The maximum Gasteiger partial charge on any atom is 0.224 e. The second-order valence-electron chi connectivity index (χ2n) is 6.54. The van der Waals surface area contributed by atoms with Crippen LogP contribution in [-0.2, 0) is 12.0 Å². The Morgan fingerprint density at radius 3 is 3.09 bits per heavy atom. The first-order valence-electron chi connectivity index (χ1n) is 7.93. The van der Waals surface area contributed by atoms with E-state index in [0.29, 0.717) is 23.5 Å². The van der Waals surface area contributed by atoms with Crippen LogP contribution < -0.4 is 4.90 Å². The van der Waals surface area contributed by atoms with Crippen molar-refractivity contribution in [3.63, 3.8) is 0 Å². The van der Waals surface area contributed by atoms with Crippen LogP contribution in [0.3, 0.4) is 0 Å². The minimum atomic E-state index is -0.474. The molecule has 122 valence electrons. The molecule has 0 bridgehead atoms. The highest BCUT2D eigenvalue weighted by atomic mass is 19.1. The van der Waals surface area contributed by atoms with Gasteiger partial charge in [-0.2, -0.15) is 0 Å². The molecule has 1 saturated heterocycles. The number of hydrogen-bond donors (Lipinski definition) is 1. The van der Waals surface area contributed by atoms with Crippen LogP contribution in [0, 0.1) is 18.7 Å². The molecule has 1 N–H and O–H groups in total. The van der Waals surface area contributed by atoms with E-state index in [-0.39, 0.29) is 17.6 Å². The van der Waals surface area contributed by atoms with E-state index in [0.717, 1.165) is 32.4 Å². The van der Waals surface area contributed by atoms with Gasteiger partial charge in [-0.3, -0.25) is 0 Å². The highest BCUT2D eigenvalue weighted by Crippen LogP contribution is 2.50. The molecule has 2 aliphatic rings. The maximum absolute atomic E-state index is 13.6. The lowest BCUT2D eigenvalue weighted by Gasteiger charge is -2.24. The molecule has 6 nitrogen and oxygen atoms in total. The van der Waals surface area contributed by atoms with E-state index < -0.39 is 5.82 Å². The third kappa shape index (κ3) is 2.22. The van der Waals surface area contributed by atoms with Crippen LogP contribution in [0.2, 0.25) is 0 Å². The zero-order valence-electron chi connectivity index (χ0n) is 13.0. The summed E-state index contributed by atoms with van der Waals surface area (Å²) in [4.78, 5) is 6.34. The fraction of sp³-hybridized carbons (Fsp3) is 0.562. The summed E-state index contributed by atoms with van der Waals surface area (Å²) < 4.78 is 19.3. The number of aliphatic hydroxyl groups excluding tert-OH is 1. The van der Waals surface area contributed by atoms with Crippen LogP contribution >= 0.6 is 0 Å². The standard InChI is InChI=1S/C16H19FN4O2/c1-10-19-20-15(23-10)16-4-2-3-12(16)7-21(9-16)14-5-11(8-22)13(17)6-18-14/h5-6,12,22H,2-4,7-9H2,1H3/t12-,16-/m0/s1. The highest BCUT2D eigenvalue weighted by Gasteiger charge is 2.54. The quantitative estimate of drug-likeness (QED) is 0.932. The van der Waals surface area contributed by atoms with Crippen LogP contribution in [0.1, 0.15) is 36.6 Å². The van der Waals surface area contributed by atoms with Crippen molar-refractivity contribution in [3.05, 3.63) is 35.4 Å². The van der Waals surface area contributed by atoms with Gasteiger partial charge in [-0.05, 0) is 24.8 Å². The molecule has 0 radical (unpaired) electrons. The zero-order valence-corrected chi connectivity index (χ0v) is 13.0. The molecular formula is C16H19FN4O2. The molecular weight excluding hydrogens is 299 g/mol. The predicted molar refractivity (Wildman–Crippen MR) is 80.4 cm³/mol. The Hall–Kier alpha value is -2.02. The lowest BCUT2D eigenvalue weighted by molar-refractivity contribution is 0.275. The monoisotopic (exact) mass is 318 g/mol. The van der Waals surface area contributed by atoms with Gasteiger partial charge in [0.15, 0.2) is 0 Å². The number of hydrogen-bond acceptors (Lipinski definition) is 6. The number of aryl methyl sites for hydroxylation is 1. The molecule has 1 aliphatic heterocycles. The van der Waals surface area contributed by atoms with Crippen molar-refractivity contribution in [3.8, 4) is 0 Å². The summed E-state index contributed by atoms with van der Waals surface area (Å²) in [6, 6.07) is 1.63. The number of aliphatic hydroxyl groups is 1. The lowest BCUT2D eigenvalue weighted by atomic mass is 9.80. The molecule has 0 amide bonds. The maximum atomic E-state index is 13.6. The van der Waals surface area contributed by atoms with Gasteiger partial charge in [-0.15, -0.1) is 10.2 Å². The van der Waals surface area contributed by atoms with Gasteiger partial charge in [0, 0.05) is 25.6 Å². The summed E-state index contributed by atoms with van der Waals surface area (Å²) in [5.41, 5.74) is 0.145. The number of aromatic nitrogens is 3. The van der Waals surface area contributed by atoms with E-state index in [9.17, 15) is 9.50 Å². The van der Waals surface area contributed by atoms with E-state index in [1.807, 2.05) is 0 Å². The largest absolute Gasteiger partial charge is 0.425 e. The molecule has 23 heavy (non-hydrogen) atoms. The summed E-state index contributed by atoms with van der Waals surface area (Å²) in [5.74, 6) is 1.95. The normalized spacial score (nSPS) is 26.7. The van der Waals surface area contributed by atoms with Gasteiger partial charge in [0.2, 0.25) is 11.8 Å². The van der Waals surface area contributed by atoms with E-state index >= 15 is 0 Å². The topological polar surface area (TPSA) is 75.3 Å². The van der Waals surface area contributed by atoms with Gasteiger partial charge in [-0.1, -0.05) is 6.42 Å². The van der Waals surface area contributed by atoms with Crippen molar-refractivity contribution in [2.45, 2.75) is 38.2 Å². The second-order valence-corrected chi connectivity index (χ2v) is 6.54. The van der Waals surface area contributed by atoms with Crippen molar-refractivity contribution in [1.29, 1.82) is 0 Å². The Labute approximate surface area is 133 Å². The zero-order chi connectivity index (χ0) is 16.0. The molecule has 2 fully saturated rings. The SMILES string of the molecule is Cc1nnc([C@]23CCC[C@H]2CN(c2cc(CO)c(F)cn2)C3)o1. The first-order chi connectivity index (χ1) is 11.1. The number of pyridine rings is 1. The third-order valence-electron chi connectivity index (χ3n) is 5.24. The molecule has 2 aromatic rings. The average molecular weight is 318 g/mol. The van der Waals surface area contributed by atoms with Crippen molar-refractivity contribution in [2.75, 3.05) is 18.0 Å². The van der Waals surface area contributed by atoms with Crippen molar-refractivity contribution in [1.82, 2.24) is 15.2 Å². The first kappa shape index (κ1) is 14.6. The fourth-order valence-corrected chi connectivity index (χ4v) is 4.07. The van der Waals surface area contributed by atoms with Gasteiger partial charge >= 0.3 is 0 Å². The first-order valence-corrected chi connectivity index (χ1v) is 7.93. The van der Waals surface area contributed by atoms with E-state index in [4.69, 9.17) is 4.42 Å². The Morgan fingerprint density at radius 1 is 1.48 bits per heavy atom. The summed E-state index contributed by atoms with van der Waals surface area (Å²) in [5, 5.41) is 17.5. The minimum Gasteiger partial charge on any atom is -0.425 e. The van der Waals surface area contributed by atoms with Gasteiger partial charge in [0.1, 0.15) is 11.6 Å². The number of fused-ring (bicyclic) bond motifs is 1. The summed E-state index contributed by atoms with van der Waals surface area (Å²) in [7, 11) is 0. The van der Waals surface area contributed by atoms with Crippen LogP contribution in [-0.4, -0.2) is 33.4 Å². The minimum absolute atomic E-state index is 0.128. The molecule has 0 spiro atoms. The number of anilines is 1.